The summed E-state index contributed by atoms with van der Waals surface area (Å²) >= 11 is 0. The molecule has 4 N–H and O–H groups in total. The molecule has 10 heteroatoms. The topological polar surface area (TPSA) is 158 Å². The maximum Gasteiger partial charge on any atom is 0.336 e. The van der Waals surface area contributed by atoms with E-state index >= 15 is 0 Å². The van der Waals surface area contributed by atoms with Crippen LogP contribution in [0, 0.1) is 0 Å². The molecular formula is C13H22NO9+. The summed E-state index contributed by atoms with van der Waals surface area (Å²) in [5, 5.41) is 36.1. The smallest absolute Gasteiger partial charge is 0.336 e. The Morgan fingerprint density at radius 1 is 1.00 bits per heavy atom. The van der Waals surface area contributed by atoms with Gasteiger partial charge in [-0.1, -0.05) is 0 Å². The number of aliphatic carboxylic acids is 3. The minimum absolute atomic E-state index is 0.141. The Morgan fingerprint density at radius 3 is 1.87 bits per heavy atom. The first-order valence-corrected chi connectivity index (χ1v) is 6.64. The van der Waals surface area contributed by atoms with Crippen molar-refractivity contribution >= 4 is 23.9 Å². The van der Waals surface area contributed by atoms with Gasteiger partial charge in [-0.2, -0.15) is 0 Å². The van der Waals surface area contributed by atoms with Gasteiger partial charge in [-0.15, -0.1) is 0 Å². The minimum atomic E-state index is -2.81. The normalized spacial score (nSPS) is 15.3. The Kier molecular flexibility index (Phi) is 7.13. The Balaban J connectivity index is 4.99. The van der Waals surface area contributed by atoms with Gasteiger partial charge in [-0.3, -0.25) is 14.4 Å². The maximum absolute atomic E-state index is 11.8. The summed E-state index contributed by atoms with van der Waals surface area (Å²) < 4.78 is 5.19. The molecule has 0 saturated heterocycles. The fourth-order valence-corrected chi connectivity index (χ4v) is 1.88. The molecule has 0 spiro atoms. The number of carbonyl (C=O) groups excluding carboxylic acids is 1. The maximum atomic E-state index is 11.8. The Bertz CT molecular complexity index is 482. The van der Waals surface area contributed by atoms with Crippen LogP contribution in [0.2, 0.25) is 0 Å². The molecule has 132 valence electrons. The molecule has 0 aliphatic carbocycles. The number of carboxylic acids is 3. The van der Waals surface area contributed by atoms with E-state index < -0.39 is 54.8 Å². The van der Waals surface area contributed by atoms with Crippen molar-refractivity contribution in [2.75, 3.05) is 27.7 Å². The van der Waals surface area contributed by atoms with Gasteiger partial charge in [-0.05, 0) is 0 Å². The number of carboxylic acid groups (broad SMARTS) is 3. The van der Waals surface area contributed by atoms with Gasteiger partial charge in [0.05, 0.1) is 40.4 Å². The van der Waals surface area contributed by atoms with Gasteiger partial charge in [0.25, 0.3) is 0 Å². The van der Waals surface area contributed by atoms with Crippen molar-refractivity contribution in [2.45, 2.75) is 31.0 Å². The summed E-state index contributed by atoms with van der Waals surface area (Å²) in [5.41, 5.74) is -2.81. The van der Waals surface area contributed by atoms with E-state index in [1.54, 1.807) is 21.1 Å². The monoisotopic (exact) mass is 336 g/mol. The fourth-order valence-electron chi connectivity index (χ4n) is 1.88. The number of quaternary nitrogens is 1. The molecule has 0 amide bonds. The zero-order valence-corrected chi connectivity index (χ0v) is 13.2. The van der Waals surface area contributed by atoms with Crippen molar-refractivity contribution in [1.82, 2.24) is 0 Å². The van der Waals surface area contributed by atoms with Crippen molar-refractivity contribution in [3.63, 3.8) is 0 Å². The van der Waals surface area contributed by atoms with Crippen LogP contribution in [0.5, 0.6) is 0 Å². The third-order valence-electron chi connectivity index (χ3n) is 2.73. The van der Waals surface area contributed by atoms with Crippen molar-refractivity contribution in [3.8, 4) is 0 Å². The van der Waals surface area contributed by atoms with E-state index in [0.29, 0.717) is 0 Å². The van der Waals surface area contributed by atoms with Crippen LogP contribution in [0.3, 0.4) is 0 Å². The zero-order chi connectivity index (χ0) is 18.4. The summed E-state index contributed by atoms with van der Waals surface area (Å²) in [6, 6.07) is 0. The lowest BCUT2D eigenvalue weighted by Crippen LogP contribution is -2.46. The first-order chi connectivity index (χ1) is 10.2. The van der Waals surface area contributed by atoms with Gasteiger partial charge in [-0.25, -0.2) is 4.79 Å². The molecule has 0 rings (SSSR count). The van der Waals surface area contributed by atoms with Crippen LogP contribution in [0.4, 0.5) is 0 Å². The average Bonchev–Trinajstić information content (AvgIpc) is 2.22. The van der Waals surface area contributed by atoms with E-state index in [2.05, 4.69) is 0 Å². The number of aliphatic hydroxyl groups is 1. The van der Waals surface area contributed by atoms with Gasteiger partial charge in [0, 0.05) is 0 Å². The predicted molar refractivity (Wildman–Crippen MR) is 74.5 cm³/mol. The molecular weight excluding hydrogens is 314 g/mol. The van der Waals surface area contributed by atoms with Crippen LogP contribution in [0.25, 0.3) is 0 Å². The number of rotatable bonds is 10. The van der Waals surface area contributed by atoms with E-state index in [0.717, 1.165) is 0 Å². The van der Waals surface area contributed by atoms with Crippen LogP contribution in [0.1, 0.15) is 19.3 Å². The van der Waals surface area contributed by atoms with Crippen LogP contribution in [-0.2, 0) is 23.9 Å². The fraction of sp³-hybridized carbons (Fsp3) is 0.692. The van der Waals surface area contributed by atoms with E-state index in [1.165, 1.54) is 0 Å². The number of hydrogen-bond donors (Lipinski definition) is 4. The number of likely N-dealkylation sites (N-methyl/N-ethyl adjacent to an activating group) is 1. The van der Waals surface area contributed by atoms with E-state index in [4.69, 9.17) is 20.1 Å². The molecule has 0 heterocycles. The second kappa shape index (κ2) is 7.88. The van der Waals surface area contributed by atoms with Crippen LogP contribution < -0.4 is 0 Å². The number of carbonyl (C=O) groups is 4. The van der Waals surface area contributed by atoms with E-state index in [1.807, 2.05) is 0 Å². The molecule has 0 fully saturated rings. The highest BCUT2D eigenvalue weighted by Gasteiger charge is 2.42. The number of ether oxygens (including phenoxy) is 1. The summed E-state index contributed by atoms with van der Waals surface area (Å²) in [6.07, 6.45) is -3.81. The van der Waals surface area contributed by atoms with E-state index in [-0.39, 0.29) is 11.0 Å². The summed E-state index contributed by atoms with van der Waals surface area (Å²) in [5.74, 6) is -5.87. The van der Waals surface area contributed by atoms with Gasteiger partial charge < -0.3 is 29.6 Å². The second-order valence-electron chi connectivity index (χ2n) is 6.27. The molecule has 0 aromatic rings. The minimum Gasteiger partial charge on any atom is -0.481 e. The van der Waals surface area contributed by atoms with Gasteiger partial charge >= 0.3 is 23.9 Å². The Hall–Kier alpha value is -2.20. The molecule has 10 nitrogen and oxygen atoms in total. The first kappa shape index (κ1) is 20.8. The molecule has 0 unspecified atom stereocenters. The molecule has 2 atom stereocenters. The molecule has 0 aliphatic heterocycles. The summed E-state index contributed by atoms with van der Waals surface area (Å²) in [7, 11) is 5.21. The molecule has 0 aromatic heterocycles. The number of nitrogens with zero attached hydrogens (tertiary/aromatic N) is 1. The second-order valence-corrected chi connectivity index (χ2v) is 6.27. The van der Waals surface area contributed by atoms with Gasteiger partial charge in [0.15, 0.2) is 11.7 Å². The van der Waals surface area contributed by atoms with Crippen LogP contribution in [0.15, 0.2) is 0 Å². The van der Waals surface area contributed by atoms with E-state index in [9.17, 15) is 24.3 Å². The summed E-state index contributed by atoms with van der Waals surface area (Å²) in [4.78, 5) is 44.1. The highest BCUT2D eigenvalue weighted by atomic mass is 16.5. The van der Waals surface area contributed by atoms with Crippen molar-refractivity contribution < 1.29 is 48.8 Å². The third kappa shape index (κ3) is 8.73. The summed E-state index contributed by atoms with van der Waals surface area (Å²) in [6.45, 7) is 0.141. The zero-order valence-electron chi connectivity index (χ0n) is 13.2. The van der Waals surface area contributed by atoms with Crippen LogP contribution >= 0.6 is 0 Å². The Labute approximate surface area is 132 Å². The molecule has 0 aromatic carbocycles. The predicted octanol–water partition coefficient (Wildman–Crippen LogP) is -1.24. The van der Waals surface area contributed by atoms with Gasteiger partial charge in [0.2, 0.25) is 0 Å². The number of esters is 1. The quantitative estimate of drug-likeness (QED) is 0.283. The lowest BCUT2D eigenvalue weighted by atomic mass is 9.96. The van der Waals surface area contributed by atoms with Crippen molar-refractivity contribution in [2.24, 2.45) is 0 Å². The average molecular weight is 336 g/mol. The molecule has 0 radical (unpaired) electrons. The molecule has 23 heavy (non-hydrogen) atoms. The molecule has 0 aliphatic rings. The lowest BCUT2D eigenvalue weighted by molar-refractivity contribution is -0.873. The van der Waals surface area contributed by atoms with Crippen LogP contribution in [-0.4, -0.2) is 88.2 Å². The molecule has 0 saturated carbocycles. The SMILES string of the molecule is C[N+](C)(C)C[C@@H](CC(=O)O)OC(=O)C[C@@](O)(CC(=O)O)C(=O)O. The highest BCUT2D eigenvalue weighted by Crippen LogP contribution is 2.18. The highest BCUT2D eigenvalue weighted by molar-refractivity contribution is 5.88. The lowest BCUT2D eigenvalue weighted by Gasteiger charge is -2.29. The Morgan fingerprint density at radius 2 is 1.52 bits per heavy atom. The van der Waals surface area contributed by atoms with Crippen molar-refractivity contribution in [1.29, 1.82) is 0 Å². The standard InChI is InChI=1S/C13H21NO9/c1-14(2,3)7-8(4-9(15)16)23-11(19)6-13(22,12(20)21)5-10(17)18/h8,22H,4-7H2,1-3H3,(H2-,15,16,17,18,20,21)/p+1/t8-,13+/m1/s1. The molecule has 0 bridgehead atoms. The first-order valence-electron chi connectivity index (χ1n) is 6.64. The largest absolute Gasteiger partial charge is 0.481 e. The van der Waals surface area contributed by atoms with Crippen molar-refractivity contribution in [3.05, 3.63) is 0 Å². The van der Waals surface area contributed by atoms with Gasteiger partial charge in [0.1, 0.15) is 6.54 Å². The number of hydrogen-bond acceptors (Lipinski definition) is 6. The third-order valence-corrected chi connectivity index (χ3v) is 2.73.